The van der Waals surface area contributed by atoms with Crippen molar-refractivity contribution in [2.45, 2.75) is 24.2 Å². The van der Waals surface area contributed by atoms with Crippen LogP contribution in [0.15, 0.2) is 22.5 Å². The van der Waals surface area contributed by atoms with E-state index in [1.807, 2.05) is 13.8 Å². The maximum Gasteiger partial charge on any atom is 0.234 e. The van der Waals surface area contributed by atoms with E-state index < -0.39 is 0 Å². The Balaban J connectivity index is 1.88. The molecular weight excluding hydrogens is 348 g/mol. The van der Waals surface area contributed by atoms with Crippen molar-refractivity contribution in [2.75, 3.05) is 30.6 Å². The second-order valence-electron chi connectivity index (χ2n) is 5.08. The number of aromatic nitrogens is 2. The van der Waals surface area contributed by atoms with Gasteiger partial charge in [0, 0.05) is 17.8 Å². The Morgan fingerprint density at radius 2 is 2.00 bits per heavy atom. The molecule has 1 aromatic heterocycles. The third-order valence-corrected chi connectivity index (χ3v) is 4.80. The summed E-state index contributed by atoms with van der Waals surface area (Å²) in [5.74, 6) is 1.31. The number of nitrogens with zero attached hydrogens (tertiary/aromatic N) is 2. The lowest BCUT2D eigenvalue weighted by molar-refractivity contribution is -0.113. The predicted octanol–water partition coefficient (Wildman–Crippen LogP) is 3.11. The van der Waals surface area contributed by atoms with E-state index in [-0.39, 0.29) is 11.7 Å². The van der Waals surface area contributed by atoms with Gasteiger partial charge in [-0.3, -0.25) is 4.79 Å². The first-order valence-electron chi connectivity index (χ1n) is 7.26. The highest BCUT2D eigenvalue weighted by Gasteiger charge is 2.10. The molecule has 0 radical (unpaired) electrons. The van der Waals surface area contributed by atoms with Crippen molar-refractivity contribution in [3.63, 3.8) is 0 Å². The standard InChI is InChI=1S/C15H20N4O3S2/c1-9(2)16-14-18-19-15(24-14)23-8-13(20)17-10-5-6-11(21-3)12(7-10)22-4/h5-7,9H,8H2,1-4H3,(H,16,18)(H,17,20). The first-order valence-corrected chi connectivity index (χ1v) is 9.06. The fourth-order valence-electron chi connectivity index (χ4n) is 1.81. The van der Waals surface area contributed by atoms with Gasteiger partial charge in [-0.25, -0.2) is 0 Å². The highest BCUT2D eigenvalue weighted by atomic mass is 32.2. The number of nitrogens with one attached hydrogen (secondary N) is 2. The molecule has 1 amide bonds. The van der Waals surface area contributed by atoms with Gasteiger partial charge in [-0.1, -0.05) is 23.1 Å². The molecule has 24 heavy (non-hydrogen) atoms. The van der Waals surface area contributed by atoms with Crippen molar-refractivity contribution in [3.8, 4) is 11.5 Å². The van der Waals surface area contributed by atoms with Gasteiger partial charge < -0.3 is 20.1 Å². The van der Waals surface area contributed by atoms with Gasteiger partial charge in [0.15, 0.2) is 15.8 Å². The molecule has 130 valence electrons. The second kappa shape index (κ2) is 8.74. The molecule has 2 N–H and O–H groups in total. The van der Waals surface area contributed by atoms with Crippen LogP contribution in [0.1, 0.15) is 13.8 Å². The van der Waals surface area contributed by atoms with Crippen molar-refractivity contribution in [3.05, 3.63) is 18.2 Å². The third kappa shape index (κ3) is 5.27. The Morgan fingerprint density at radius 3 is 2.67 bits per heavy atom. The quantitative estimate of drug-likeness (QED) is 0.693. The number of rotatable bonds is 8. The zero-order chi connectivity index (χ0) is 17.5. The van der Waals surface area contributed by atoms with E-state index in [2.05, 4.69) is 20.8 Å². The van der Waals surface area contributed by atoms with Crippen LogP contribution < -0.4 is 20.1 Å². The van der Waals surface area contributed by atoms with Crippen LogP contribution in [0.4, 0.5) is 10.8 Å². The Kier molecular flexibility index (Phi) is 6.68. The van der Waals surface area contributed by atoms with E-state index in [1.54, 1.807) is 32.4 Å². The summed E-state index contributed by atoms with van der Waals surface area (Å²) in [6, 6.07) is 5.52. The minimum Gasteiger partial charge on any atom is -0.493 e. The van der Waals surface area contributed by atoms with Gasteiger partial charge in [-0.15, -0.1) is 10.2 Å². The first-order chi connectivity index (χ1) is 11.5. The molecule has 0 spiro atoms. The lowest BCUT2D eigenvalue weighted by atomic mass is 10.2. The Morgan fingerprint density at radius 1 is 1.25 bits per heavy atom. The van der Waals surface area contributed by atoms with E-state index in [1.165, 1.54) is 23.1 Å². The van der Waals surface area contributed by atoms with Crippen molar-refractivity contribution in [1.29, 1.82) is 0 Å². The van der Waals surface area contributed by atoms with Gasteiger partial charge in [-0.2, -0.15) is 0 Å². The topological polar surface area (TPSA) is 85.4 Å². The molecule has 0 unspecified atom stereocenters. The van der Waals surface area contributed by atoms with Crippen LogP contribution in [0.3, 0.4) is 0 Å². The monoisotopic (exact) mass is 368 g/mol. The van der Waals surface area contributed by atoms with Crippen LogP contribution in [-0.2, 0) is 4.79 Å². The Labute approximate surface area is 149 Å². The number of thioether (sulfide) groups is 1. The average Bonchev–Trinajstić information content (AvgIpc) is 2.99. The molecule has 0 aliphatic heterocycles. The smallest absolute Gasteiger partial charge is 0.234 e. The number of hydrogen-bond acceptors (Lipinski definition) is 8. The van der Waals surface area contributed by atoms with Crippen LogP contribution in [0.2, 0.25) is 0 Å². The molecule has 7 nitrogen and oxygen atoms in total. The number of carbonyl (C=O) groups is 1. The number of ether oxygens (including phenoxy) is 2. The second-order valence-corrected chi connectivity index (χ2v) is 7.28. The van der Waals surface area contributed by atoms with Crippen LogP contribution in [0.25, 0.3) is 0 Å². The molecule has 0 aliphatic rings. The summed E-state index contributed by atoms with van der Waals surface area (Å²) in [4.78, 5) is 12.1. The summed E-state index contributed by atoms with van der Waals surface area (Å²) in [5, 5.41) is 14.8. The maximum atomic E-state index is 12.1. The number of methoxy groups -OCH3 is 2. The summed E-state index contributed by atoms with van der Waals surface area (Å²) in [5.41, 5.74) is 0.651. The van der Waals surface area contributed by atoms with Gasteiger partial charge >= 0.3 is 0 Å². The van der Waals surface area contributed by atoms with Gasteiger partial charge in [-0.05, 0) is 26.0 Å². The summed E-state index contributed by atoms with van der Waals surface area (Å²) >= 11 is 2.78. The lowest BCUT2D eigenvalue weighted by Gasteiger charge is -2.10. The lowest BCUT2D eigenvalue weighted by Crippen LogP contribution is -2.14. The zero-order valence-electron chi connectivity index (χ0n) is 14.0. The van der Waals surface area contributed by atoms with Gasteiger partial charge in [0.2, 0.25) is 11.0 Å². The molecule has 0 saturated carbocycles. The predicted molar refractivity (Wildman–Crippen MR) is 97.6 cm³/mol. The average molecular weight is 368 g/mol. The molecule has 0 saturated heterocycles. The highest BCUT2D eigenvalue weighted by Crippen LogP contribution is 2.30. The fourth-order valence-corrected chi connectivity index (χ4v) is 3.51. The normalized spacial score (nSPS) is 10.5. The van der Waals surface area contributed by atoms with E-state index >= 15 is 0 Å². The van der Waals surface area contributed by atoms with Crippen molar-refractivity contribution in [2.24, 2.45) is 0 Å². The molecule has 1 heterocycles. The highest BCUT2D eigenvalue weighted by molar-refractivity contribution is 8.01. The zero-order valence-corrected chi connectivity index (χ0v) is 15.6. The van der Waals surface area contributed by atoms with Crippen LogP contribution in [0.5, 0.6) is 11.5 Å². The minimum absolute atomic E-state index is 0.124. The molecule has 2 rings (SSSR count). The number of carbonyl (C=O) groups excluding carboxylic acids is 1. The van der Waals surface area contributed by atoms with E-state index in [0.717, 1.165) is 9.47 Å². The molecule has 0 aliphatic carbocycles. The van der Waals surface area contributed by atoms with E-state index in [4.69, 9.17) is 9.47 Å². The minimum atomic E-state index is -0.124. The first kappa shape index (κ1) is 18.3. The molecule has 0 atom stereocenters. The molecular formula is C15H20N4O3S2. The summed E-state index contributed by atoms with van der Waals surface area (Å²) in [7, 11) is 3.12. The van der Waals surface area contributed by atoms with E-state index in [9.17, 15) is 4.79 Å². The molecule has 2 aromatic rings. The van der Waals surface area contributed by atoms with Crippen molar-refractivity contribution < 1.29 is 14.3 Å². The Bertz CT molecular complexity index is 691. The van der Waals surface area contributed by atoms with Crippen molar-refractivity contribution >= 4 is 39.8 Å². The summed E-state index contributed by atoms with van der Waals surface area (Å²) in [6.07, 6.45) is 0. The SMILES string of the molecule is COc1ccc(NC(=O)CSc2nnc(NC(C)C)s2)cc1OC. The van der Waals surface area contributed by atoms with Crippen LogP contribution in [0, 0.1) is 0 Å². The number of hydrogen-bond donors (Lipinski definition) is 2. The molecule has 9 heteroatoms. The summed E-state index contributed by atoms with van der Waals surface area (Å²) in [6.45, 7) is 4.07. The molecule has 0 bridgehead atoms. The fraction of sp³-hybridized carbons (Fsp3) is 0.400. The van der Waals surface area contributed by atoms with Gasteiger partial charge in [0.25, 0.3) is 0 Å². The van der Waals surface area contributed by atoms with Crippen molar-refractivity contribution in [1.82, 2.24) is 10.2 Å². The molecule has 0 fully saturated rings. The maximum absolute atomic E-state index is 12.1. The summed E-state index contributed by atoms with van der Waals surface area (Å²) < 4.78 is 11.1. The van der Waals surface area contributed by atoms with E-state index in [0.29, 0.717) is 23.2 Å². The van der Waals surface area contributed by atoms with Gasteiger partial charge in [0.1, 0.15) is 0 Å². The number of amides is 1. The molecule has 1 aromatic carbocycles. The number of benzene rings is 1. The third-order valence-electron chi connectivity index (χ3n) is 2.81. The largest absolute Gasteiger partial charge is 0.493 e. The Hall–Kier alpha value is -2.00. The number of anilines is 2. The van der Waals surface area contributed by atoms with Crippen LogP contribution >= 0.6 is 23.1 Å². The van der Waals surface area contributed by atoms with Crippen LogP contribution in [-0.4, -0.2) is 42.1 Å². The van der Waals surface area contributed by atoms with Gasteiger partial charge in [0.05, 0.1) is 20.0 Å².